The molecular formula is C12H15FNO2S. The van der Waals surface area contributed by atoms with Gasteiger partial charge in [-0.1, -0.05) is 6.07 Å². The summed E-state index contributed by atoms with van der Waals surface area (Å²) in [5, 5.41) is 0. The summed E-state index contributed by atoms with van der Waals surface area (Å²) in [6.45, 7) is 0.183. The zero-order valence-corrected chi connectivity index (χ0v) is 10.7. The summed E-state index contributed by atoms with van der Waals surface area (Å²) in [5.41, 5.74) is 1.29. The fraction of sp³-hybridized carbons (Fsp3) is 0.500. The molecule has 1 saturated carbocycles. The van der Waals surface area contributed by atoms with Gasteiger partial charge in [-0.05, 0) is 42.0 Å². The van der Waals surface area contributed by atoms with Gasteiger partial charge >= 0.3 is 0 Å². The highest BCUT2D eigenvalue weighted by Gasteiger charge is 2.29. The Morgan fingerprint density at radius 1 is 1.53 bits per heavy atom. The molecule has 0 heterocycles. The molecule has 0 spiro atoms. The number of hydrogen-bond donors (Lipinski definition) is 0. The van der Waals surface area contributed by atoms with Crippen molar-refractivity contribution in [3.63, 3.8) is 0 Å². The summed E-state index contributed by atoms with van der Waals surface area (Å²) in [4.78, 5) is 0. The summed E-state index contributed by atoms with van der Waals surface area (Å²) in [6.07, 6.45) is 3.10. The number of benzene rings is 1. The van der Waals surface area contributed by atoms with Gasteiger partial charge in [-0.25, -0.2) is 17.1 Å². The molecule has 0 atom stereocenters. The number of nitrogens with zero attached hydrogens (tertiary/aromatic N) is 1. The standard InChI is InChI=1S/C12H15FNO2S/c1-14(17(2,15)16)8-10-4-3-5-11(13)12(10)9-6-7-9/h3,5,9H,6-8H2,1-2H3. The van der Waals surface area contributed by atoms with E-state index in [0.29, 0.717) is 11.1 Å². The van der Waals surface area contributed by atoms with E-state index < -0.39 is 10.0 Å². The van der Waals surface area contributed by atoms with Crippen molar-refractivity contribution < 1.29 is 12.8 Å². The van der Waals surface area contributed by atoms with Crippen molar-refractivity contribution in [2.75, 3.05) is 13.3 Å². The zero-order chi connectivity index (χ0) is 12.6. The number of sulfonamides is 1. The molecule has 17 heavy (non-hydrogen) atoms. The molecule has 0 bridgehead atoms. The van der Waals surface area contributed by atoms with Crippen LogP contribution in [-0.2, 0) is 16.6 Å². The van der Waals surface area contributed by atoms with E-state index in [0.717, 1.165) is 19.1 Å². The molecule has 1 aliphatic rings. The van der Waals surface area contributed by atoms with Gasteiger partial charge in [0.2, 0.25) is 10.0 Å². The summed E-state index contributed by atoms with van der Waals surface area (Å²) in [7, 11) is -1.75. The Hall–Kier alpha value is -0.940. The van der Waals surface area contributed by atoms with Gasteiger partial charge in [-0.2, -0.15) is 0 Å². The average molecular weight is 256 g/mol. The van der Waals surface area contributed by atoms with Gasteiger partial charge in [0, 0.05) is 13.6 Å². The molecule has 0 aliphatic heterocycles. The summed E-state index contributed by atoms with van der Waals surface area (Å²) in [6, 6.07) is 5.85. The van der Waals surface area contributed by atoms with Gasteiger partial charge in [-0.15, -0.1) is 0 Å². The molecule has 1 fully saturated rings. The van der Waals surface area contributed by atoms with Crippen LogP contribution < -0.4 is 0 Å². The van der Waals surface area contributed by atoms with E-state index in [4.69, 9.17) is 0 Å². The number of rotatable bonds is 4. The fourth-order valence-corrected chi connectivity index (χ4v) is 2.17. The Balaban J connectivity index is 2.30. The quantitative estimate of drug-likeness (QED) is 0.825. The second-order valence-electron chi connectivity index (χ2n) is 4.51. The van der Waals surface area contributed by atoms with Crippen molar-refractivity contribution in [1.82, 2.24) is 4.31 Å². The molecule has 3 nitrogen and oxygen atoms in total. The van der Waals surface area contributed by atoms with Gasteiger partial charge in [0.15, 0.2) is 0 Å². The first-order chi connectivity index (χ1) is 7.89. The second kappa shape index (κ2) is 4.38. The minimum Gasteiger partial charge on any atom is -0.213 e. The molecule has 1 aromatic rings. The molecule has 0 aromatic heterocycles. The highest BCUT2D eigenvalue weighted by atomic mass is 32.2. The van der Waals surface area contributed by atoms with E-state index >= 15 is 0 Å². The van der Waals surface area contributed by atoms with Crippen molar-refractivity contribution in [2.45, 2.75) is 25.3 Å². The van der Waals surface area contributed by atoms with Gasteiger partial charge < -0.3 is 0 Å². The highest BCUT2D eigenvalue weighted by molar-refractivity contribution is 7.88. The van der Waals surface area contributed by atoms with Crippen LogP contribution in [0.25, 0.3) is 0 Å². The van der Waals surface area contributed by atoms with Gasteiger partial charge in [0.1, 0.15) is 5.82 Å². The summed E-state index contributed by atoms with van der Waals surface area (Å²) < 4.78 is 37.6. The normalized spacial score (nSPS) is 16.5. The monoisotopic (exact) mass is 256 g/mol. The Labute approximate surface area is 101 Å². The van der Waals surface area contributed by atoms with Crippen LogP contribution >= 0.6 is 0 Å². The molecule has 0 saturated heterocycles. The van der Waals surface area contributed by atoms with Crippen molar-refractivity contribution in [3.8, 4) is 0 Å². The first kappa shape index (κ1) is 12.5. The van der Waals surface area contributed by atoms with Crippen LogP contribution in [0.15, 0.2) is 12.1 Å². The largest absolute Gasteiger partial charge is 0.213 e. The predicted molar refractivity (Wildman–Crippen MR) is 63.5 cm³/mol. The number of hydrogen-bond acceptors (Lipinski definition) is 2. The first-order valence-electron chi connectivity index (χ1n) is 5.50. The van der Waals surface area contributed by atoms with E-state index in [-0.39, 0.29) is 18.3 Å². The fourth-order valence-electron chi connectivity index (χ4n) is 1.81. The van der Waals surface area contributed by atoms with E-state index in [1.807, 2.05) is 0 Å². The predicted octanol–water partition coefficient (Wildman–Crippen LogP) is 1.89. The van der Waals surface area contributed by atoms with Crippen molar-refractivity contribution in [3.05, 3.63) is 35.1 Å². The molecule has 0 unspecified atom stereocenters. The van der Waals surface area contributed by atoms with Crippen molar-refractivity contribution >= 4 is 10.0 Å². The molecule has 0 N–H and O–H groups in total. The Bertz CT molecular complexity index is 523. The average Bonchev–Trinajstić information content (AvgIpc) is 3.00. The zero-order valence-electron chi connectivity index (χ0n) is 9.90. The summed E-state index contributed by atoms with van der Waals surface area (Å²) >= 11 is 0. The van der Waals surface area contributed by atoms with E-state index in [2.05, 4.69) is 6.07 Å². The third kappa shape index (κ3) is 2.84. The topological polar surface area (TPSA) is 37.4 Å². The van der Waals surface area contributed by atoms with Crippen molar-refractivity contribution in [2.24, 2.45) is 0 Å². The van der Waals surface area contributed by atoms with Crippen LogP contribution in [0, 0.1) is 11.9 Å². The maximum absolute atomic E-state index is 13.7. The molecule has 1 aliphatic carbocycles. The number of halogens is 1. The minimum absolute atomic E-state index is 0.183. The van der Waals surface area contributed by atoms with Crippen molar-refractivity contribution in [1.29, 1.82) is 0 Å². The maximum Gasteiger partial charge on any atom is 0.211 e. The lowest BCUT2D eigenvalue weighted by Crippen LogP contribution is -2.25. The first-order valence-corrected chi connectivity index (χ1v) is 7.34. The molecule has 0 amide bonds. The highest BCUT2D eigenvalue weighted by Crippen LogP contribution is 2.43. The van der Waals surface area contributed by atoms with Crippen LogP contribution in [0.3, 0.4) is 0 Å². The van der Waals surface area contributed by atoms with Crippen LogP contribution in [0.4, 0.5) is 4.39 Å². The molecular weight excluding hydrogens is 241 g/mol. The van der Waals surface area contributed by atoms with Crippen LogP contribution in [0.2, 0.25) is 0 Å². The van der Waals surface area contributed by atoms with E-state index in [1.54, 1.807) is 0 Å². The van der Waals surface area contributed by atoms with Gasteiger partial charge in [-0.3, -0.25) is 0 Å². The van der Waals surface area contributed by atoms with Gasteiger partial charge in [0.25, 0.3) is 0 Å². The molecule has 5 heteroatoms. The van der Waals surface area contributed by atoms with Crippen LogP contribution in [0.5, 0.6) is 0 Å². The lowest BCUT2D eigenvalue weighted by atomic mass is 10.0. The Kier molecular flexibility index (Phi) is 3.23. The molecule has 1 aromatic carbocycles. The molecule has 2 rings (SSSR count). The maximum atomic E-state index is 13.7. The Morgan fingerprint density at radius 3 is 2.71 bits per heavy atom. The third-order valence-corrected chi connectivity index (χ3v) is 4.26. The lowest BCUT2D eigenvalue weighted by Gasteiger charge is -2.16. The summed E-state index contributed by atoms with van der Waals surface area (Å²) in [5.74, 6) is -0.00133. The van der Waals surface area contributed by atoms with Crippen LogP contribution in [0.1, 0.15) is 29.9 Å². The Morgan fingerprint density at radius 2 is 2.18 bits per heavy atom. The van der Waals surface area contributed by atoms with E-state index in [1.165, 1.54) is 23.5 Å². The minimum atomic E-state index is -3.25. The SMILES string of the molecule is CN(Cc1[c]ccc(F)c1C1CC1)S(C)(=O)=O. The van der Waals surface area contributed by atoms with E-state index in [9.17, 15) is 12.8 Å². The lowest BCUT2D eigenvalue weighted by molar-refractivity contribution is 0.468. The third-order valence-electron chi connectivity index (χ3n) is 3.00. The molecule has 1 radical (unpaired) electrons. The smallest absolute Gasteiger partial charge is 0.211 e. The van der Waals surface area contributed by atoms with Gasteiger partial charge in [0.05, 0.1) is 6.26 Å². The molecule has 93 valence electrons. The second-order valence-corrected chi connectivity index (χ2v) is 6.60. The van der Waals surface area contributed by atoms with Crippen LogP contribution in [-0.4, -0.2) is 26.0 Å².